The quantitative estimate of drug-likeness (QED) is 0.634. The Bertz CT molecular complexity index is 305. The monoisotopic (exact) mass is 242 g/mol. The molecule has 0 aliphatic heterocycles. The molecule has 0 unspecified atom stereocenters. The van der Waals surface area contributed by atoms with Crippen molar-refractivity contribution < 1.29 is 5.11 Å². The van der Waals surface area contributed by atoms with Crippen molar-refractivity contribution in [3.63, 3.8) is 0 Å². The summed E-state index contributed by atoms with van der Waals surface area (Å²) in [6, 6.07) is 7.81. The van der Waals surface area contributed by atoms with Crippen molar-refractivity contribution in [3.8, 4) is 0 Å². The van der Waals surface area contributed by atoms with E-state index in [0.717, 1.165) is 30.2 Å². The Morgan fingerprint density at radius 3 is 2.62 bits per heavy atom. The van der Waals surface area contributed by atoms with E-state index >= 15 is 0 Å². The van der Waals surface area contributed by atoms with Crippen molar-refractivity contribution >= 4 is 11.6 Å². The molecule has 1 aromatic rings. The van der Waals surface area contributed by atoms with Gasteiger partial charge in [-0.05, 0) is 18.6 Å². The van der Waals surface area contributed by atoms with Crippen molar-refractivity contribution in [1.82, 2.24) is 10.6 Å². The molecule has 0 spiro atoms. The van der Waals surface area contributed by atoms with Crippen LogP contribution in [-0.2, 0) is 6.54 Å². The van der Waals surface area contributed by atoms with Crippen LogP contribution >= 0.6 is 11.6 Å². The van der Waals surface area contributed by atoms with E-state index in [-0.39, 0.29) is 6.10 Å². The third kappa shape index (κ3) is 5.47. The van der Waals surface area contributed by atoms with Gasteiger partial charge in [0.1, 0.15) is 0 Å². The van der Waals surface area contributed by atoms with E-state index in [1.54, 1.807) is 6.92 Å². The van der Waals surface area contributed by atoms with Crippen LogP contribution in [0.3, 0.4) is 0 Å². The Morgan fingerprint density at radius 1 is 1.25 bits per heavy atom. The fourth-order valence-electron chi connectivity index (χ4n) is 1.35. The van der Waals surface area contributed by atoms with Gasteiger partial charge >= 0.3 is 0 Å². The molecule has 3 nitrogen and oxygen atoms in total. The first-order valence-corrected chi connectivity index (χ1v) is 5.91. The molecular formula is C12H19ClN2O. The van der Waals surface area contributed by atoms with Gasteiger partial charge in [0.2, 0.25) is 0 Å². The molecule has 1 atom stereocenters. The van der Waals surface area contributed by atoms with E-state index in [1.165, 1.54) is 0 Å². The molecule has 0 aliphatic rings. The first kappa shape index (κ1) is 13.5. The maximum atomic E-state index is 9.02. The lowest BCUT2D eigenvalue weighted by Crippen LogP contribution is -2.31. The minimum Gasteiger partial charge on any atom is -0.392 e. The van der Waals surface area contributed by atoms with Crippen LogP contribution < -0.4 is 10.6 Å². The van der Waals surface area contributed by atoms with Gasteiger partial charge in [0.15, 0.2) is 0 Å². The van der Waals surface area contributed by atoms with Crippen molar-refractivity contribution in [3.05, 3.63) is 34.9 Å². The Hall–Kier alpha value is -0.610. The molecule has 1 aromatic carbocycles. The van der Waals surface area contributed by atoms with Gasteiger partial charge in [0.05, 0.1) is 6.10 Å². The molecule has 0 heterocycles. The van der Waals surface area contributed by atoms with Crippen LogP contribution in [0.2, 0.25) is 5.02 Å². The Morgan fingerprint density at radius 2 is 1.94 bits per heavy atom. The van der Waals surface area contributed by atoms with Crippen molar-refractivity contribution in [2.75, 3.05) is 19.6 Å². The first-order valence-electron chi connectivity index (χ1n) is 5.53. The lowest BCUT2D eigenvalue weighted by molar-refractivity contribution is 0.191. The van der Waals surface area contributed by atoms with Gasteiger partial charge in [-0.2, -0.15) is 0 Å². The molecule has 0 aliphatic carbocycles. The average molecular weight is 243 g/mol. The molecule has 0 saturated heterocycles. The minimum atomic E-state index is -0.288. The second-order valence-electron chi connectivity index (χ2n) is 3.82. The van der Waals surface area contributed by atoms with E-state index < -0.39 is 0 Å². The second-order valence-corrected chi connectivity index (χ2v) is 4.23. The van der Waals surface area contributed by atoms with Gasteiger partial charge in [-0.15, -0.1) is 0 Å². The second kappa shape index (κ2) is 7.63. The lowest BCUT2D eigenvalue weighted by atomic mass is 10.2. The number of halogens is 1. The fraction of sp³-hybridized carbons (Fsp3) is 0.500. The van der Waals surface area contributed by atoms with Crippen LogP contribution in [0.5, 0.6) is 0 Å². The zero-order valence-electron chi connectivity index (χ0n) is 9.54. The van der Waals surface area contributed by atoms with E-state index in [0.29, 0.717) is 6.54 Å². The number of rotatable bonds is 7. The number of hydrogen-bond acceptors (Lipinski definition) is 3. The maximum absolute atomic E-state index is 9.02. The highest BCUT2D eigenvalue weighted by Crippen LogP contribution is 2.13. The summed E-state index contributed by atoms with van der Waals surface area (Å²) < 4.78 is 0. The normalized spacial score (nSPS) is 12.7. The number of aliphatic hydroxyl groups is 1. The summed E-state index contributed by atoms with van der Waals surface area (Å²) in [5.74, 6) is 0. The number of benzene rings is 1. The van der Waals surface area contributed by atoms with Crippen molar-refractivity contribution in [1.29, 1.82) is 0 Å². The molecule has 0 bridgehead atoms. The Kier molecular flexibility index (Phi) is 6.42. The molecule has 0 fully saturated rings. The number of aliphatic hydroxyl groups excluding tert-OH is 1. The molecule has 4 heteroatoms. The molecule has 0 amide bonds. The largest absolute Gasteiger partial charge is 0.392 e. The first-order chi connectivity index (χ1) is 7.70. The highest BCUT2D eigenvalue weighted by Gasteiger charge is 1.97. The van der Waals surface area contributed by atoms with Gasteiger partial charge < -0.3 is 15.7 Å². The molecule has 0 saturated carbocycles. The standard InChI is InChI=1S/C12H19ClN2O/c1-10(16)8-14-6-7-15-9-11-4-2-3-5-12(11)13/h2-5,10,14-16H,6-9H2,1H3/t10-/m0/s1. The molecule has 0 aromatic heterocycles. The Labute approximate surface area is 102 Å². The molecule has 90 valence electrons. The van der Waals surface area contributed by atoms with Crippen LogP contribution in [0.4, 0.5) is 0 Å². The van der Waals surface area contributed by atoms with E-state index in [2.05, 4.69) is 10.6 Å². The number of nitrogens with one attached hydrogen (secondary N) is 2. The van der Waals surface area contributed by atoms with Crippen LogP contribution in [0.15, 0.2) is 24.3 Å². The molecular weight excluding hydrogens is 224 g/mol. The third-order valence-electron chi connectivity index (χ3n) is 2.19. The van der Waals surface area contributed by atoms with Crippen LogP contribution in [0, 0.1) is 0 Å². The molecule has 0 radical (unpaired) electrons. The predicted molar refractivity (Wildman–Crippen MR) is 67.7 cm³/mol. The topological polar surface area (TPSA) is 44.3 Å². The molecule has 1 rings (SSSR count). The summed E-state index contributed by atoms with van der Waals surface area (Å²) >= 11 is 6.02. The van der Waals surface area contributed by atoms with Gasteiger partial charge in [-0.1, -0.05) is 29.8 Å². The fourth-order valence-corrected chi connectivity index (χ4v) is 1.56. The summed E-state index contributed by atoms with van der Waals surface area (Å²) in [5.41, 5.74) is 1.11. The zero-order chi connectivity index (χ0) is 11.8. The van der Waals surface area contributed by atoms with E-state index in [4.69, 9.17) is 16.7 Å². The molecule has 3 N–H and O–H groups in total. The van der Waals surface area contributed by atoms with Gasteiger partial charge in [-0.25, -0.2) is 0 Å². The van der Waals surface area contributed by atoms with Gasteiger partial charge in [0.25, 0.3) is 0 Å². The molecule has 16 heavy (non-hydrogen) atoms. The minimum absolute atomic E-state index is 0.288. The highest BCUT2D eigenvalue weighted by molar-refractivity contribution is 6.31. The van der Waals surface area contributed by atoms with E-state index in [1.807, 2.05) is 24.3 Å². The summed E-state index contributed by atoms with van der Waals surface area (Å²) in [4.78, 5) is 0. The van der Waals surface area contributed by atoms with E-state index in [9.17, 15) is 0 Å². The summed E-state index contributed by atoms with van der Waals surface area (Å²) in [5, 5.41) is 16.2. The SMILES string of the molecule is C[C@H](O)CNCCNCc1ccccc1Cl. The van der Waals surface area contributed by atoms with Crippen molar-refractivity contribution in [2.24, 2.45) is 0 Å². The zero-order valence-corrected chi connectivity index (χ0v) is 10.3. The van der Waals surface area contributed by atoms with Gasteiger partial charge in [-0.3, -0.25) is 0 Å². The summed E-state index contributed by atoms with van der Waals surface area (Å²) in [6.07, 6.45) is -0.288. The lowest BCUT2D eigenvalue weighted by Gasteiger charge is -2.08. The smallest absolute Gasteiger partial charge is 0.0636 e. The van der Waals surface area contributed by atoms with Crippen LogP contribution in [0.25, 0.3) is 0 Å². The van der Waals surface area contributed by atoms with Crippen LogP contribution in [0.1, 0.15) is 12.5 Å². The summed E-state index contributed by atoms with van der Waals surface area (Å²) in [7, 11) is 0. The Balaban J connectivity index is 2.10. The van der Waals surface area contributed by atoms with Crippen LogP contribution in [-0.4, -0.2) is 30.8 Å². The predicted octanol–water partition coefficient (Wildman–Crippen LogP) is 1.40. The third-order valence-corrected chi connectivity index (χ3v) is 2.56. The van der Waals surface area contributed by atoms with Crippen molar-refractivity contribution in [2.45, 2.75) is 19.6 Å². The average Bonchev–Trinajstić information content (AvgIpc) is 2.25. The summed E-state index contributed by atoms with van der Waals surface area (Å²) in [6.45, 7) is 4.88. The highest BCUT2D eigenvalue weighted by atomic mass is 35.5. The van der Waals surface area contributed by atoms with Gasteiger partial charge in [0, 0.05) is 31.2 Å². The number of hydrogen-bond donors (Lipinski definition) is 3. The maximum Gasteiger partial charge on any atom is 0.0636 e.